The molecule has 156 valence electrons. The van der Waals surface area contributed by atoms with E-state index in [0.29, 0.717) is 19.6 Å². The summed E-state index contributed by atoms with van der Waals surface area (Å²) >= 11 is 1.52. The van der Waals surface area contributed by atoms with E-state index in [2.05, 4.69) is 37.0 Å². The van der Waals surface area contributed by atoms with Crippen LogP contribution < -0.4 is 0 Å². The van der Waals surface area contributed by atoms with Gasteiger partial charge >= 0.3 is 0 Å². The number of hydrogen-bond acceptors (Lipinski definition) is 5. The van der Waals surface area contributed by atoms with Crippen LogP contribution in [0.4, 0.5) is 0 Å². The SMILES string of the molecule is Cc1ccc(CN2C[C@]34C=C[C@H](O3)[C@H](C(=O)N(C)Cc3nccs3)[C@H]4C2=O)cc1C. The van der Waals surface area contributed by atoms with E-state index in [0.717, 1.165) is 10.6 Å². The lowest BCUT2D eigenvalue weighted by Gasteiger charge is -2.27. The Kier molecular flexibility index (Phi) is 4.56. The molecule has 4 heterocycles. The van der Waals surface area contributed by atoms with Gasteiger partial charge in [-0.1, -0.05) is 30.4 Å². The highest BCUT2D eigenvalue weighted by Gasteiger charge is 2.67. The molecule has 3 aliphatic heterocycles. The Hall–Kier alpha value is -2.51. The van der Waals surface area contributed by atoms with Crippen molar-refractivity contribution in [1.29, 1.82) is 0 Å². The minimum atomic E-state index is -0.677. The van der Waals surface area contributed by atoms with Gasteiger partial charge in [-0.3, -0.25) is 9.59 Å². The molecule has 4 atom stereocenters. The fourth-order valence-corrected chi connectivity index (χ4v) is 5.65. The number of carbonyl (C=O) groups is 2. The van der Waals surface area contributed by atoms with Crippen molar-refractivity contribution in [2.24, 2.45) is 11.8 Å². The summed E-state index contributed by atoms with van der Waals surface area (Å²) in [6.07, 6.45) is 5.38. The number of aromatic nitrogens is 1. The quantitative estimate of drug-likeness (QED) is 0.694. The summed E-state index contributed by atoms with van der Waals surface area (Å²) in [5.41, 5.74) is 2.88. The van der Waals surface area contributed by atoms with Crippen LogP contribution in [0.2, 0.25) is 0 Å². The van der Waals surface area contributed by atoms with E-state index in [9.17, 15) is 9.59 Å². The highest BCUT2D eigenvalue weighted by molar-refractivity contribution is 7.09. The molecule has 1 spiro atoms. The van der Waals surface area contributed by atoms with Crippen molar-refractivity contribution in [2.45, 2.75) is 38.6 Å². The van der Waals surface area contributed by atoms with Crippen LogP contribution in [-0.2, 0) is 27.4 Å². The van der Waals surface area contributed by atoms with Crippen molar-refractivity contribution >= 4 is 23.2 Å². The molecule has 0 unspecified atom stereocenters. The summed E-state index contributed by atoms with van der Waals surface area (Å²) in [6, 6.07) is 6.29. The second-order valence-corrected chi connectivity index (χ2v) is 9.61. The Morgan fingerprint density at radius 2 is 2.20 bits per heavy atom. The van der Waals surface area contributed by atoms with E-state index >= 15 is 0 Å². The van der Waals surface area contributed by atoms with Gasteiger partial charge in [0.15, 0.2) is 0 Å². The highest BCUT2D eigenvalue weighted by atomic mass is 32.1. The molecule has 2 fully saturated rings. The lowest BCUT2D eigenvalue weighted by Crippen LogP contribution is -2.44. The van der Waals surface area contributed by atoms with Crippen molar-refractivity contribution in [3.8, 4) is 0 Å². The molecular formula is C23H25N3O3S. The zero-order valence-corrected chi connectivity index (χ0v) is 18.2. The van der Waals surface area contributed by atoms with E-state index < -0.39 is 17.4 Å². The molecular weight excluding hydrogens is 398 g/mol. The molecule has 30 heavy (non-hydrogen) atoms. The first kappa shape index (κ1) is 19.5. The van der Waals surface area contributed by atoms with Crippen LogP contribution in [-0.4, -0.2) is 51.9 Å². The van der Waals surface area contributed by atoms with Gasteiger partial charge in [0.1, 0.15) is 10.6 Å². The largest absolute Gasteiger partial charge is 0.360 e. The monoisotopic (exact) mass is 423 g/mol. The molecule has 1 aromatic heterocycles. The molecule has 2 aromatic rings. The van der Waals surface area contributed by atoms with E-state index in [1.807, 2.05) is 22.4 Å². The average molecular weight is 424 g/mol. The molecule has 2 saturated heterocycles. The van der Waals surface area contributed by atoms with Crippen LogP contribution >= 0.6 is 11.3 Å². The summed E-state index contributed by atoms with van der Waals surface area (Å²) in [7, 11) is 1.78. The van der Waals surface area contributed by atoms with Crippen molar-refractivity contribution in [2.75, 3.05) is 13.6 Å². The number of aryl methyl sites for hydroxylation is 2. The Morgan fingerprint density at radius 1 is 1.37 bits per heavy atom. The van der Waals surface area contributed by atoms with E-state index in [1.54, 1.807) is 18.1 Å². The maximum absolute atomic E-state index is 13.4. The first-order chi connectivity index (χ1) is 14.4. The van der Waals surface area contributed by atoms with Crippen LogP contribution in [0, 0.1) is 25.7 Å². The molecule has 0 radical (unpaired) electrons. The number of carbonyl (C=O) groups excluding carboxylic acids is 2. The van der Waals surface area contributed by atoms with Crippen LogP contribution in [0.5, 0.6) is 0 Å². The Bertz CT molecular complexity index is 1030. The van der Waals surface area contributed by atoms with Gasteiger partial charge < -0.3 is 14.5 Å². The Balaban J connectivity index is 1.36. The number of thiazole rings is 1. The molecule has 0 aliphatic carbocycles. The van der Waals surface area contributed by atoms with Crippen LogP contribution in [0.3, 0.4) is 0 Å². The standard InChI is InChI=1S/C23H25N3O3S/c1-14-4-5-16(10-15(14)2)11-26-13-23-7-6-17(29-23)19(20(23)22(26)28)21(27)25(3)12-18-24-8-9-30-18/h4-10,17,19-20H,11-13H2,1-3H3/t17-,19-,20-,23-/m0/s1. The van der Waals surface area contributed by atoms with Crippen molar-refractivity contribution in [3.63, 3.8) is 0 Å². The zero-order chi connectivity index (χ0) is 21.0. The molecule has 2 bridgehead atoms. The van der Waals surface area contributed by atoms with Gasteiger partial charge in [0.2, 0.25) is 11.8 Å². The van der Waals surface area contributed by atoms with Gasteiger partial charge in [-0.05, 0) is 30.5 Å². The van der Waals surface area contributed by atoms with E-state index in [1.165, 1.54) is 22.5 Å². The lowest BCUT2D eigenvalue weighted by atomic mass is 9.76. The number of fused-ring (bicyclic) bond motifs is 1. The normalized spacial score (nSPS) is 29.0. The molecule has 5 rings (SSSR count). The van der Waals surface area contributed by atoms with Gasteiger partial charge in [-0.2, -0.15) is 0 Å². The predicted octanol–water partition coefficient (Wildman–Crippen LogP) is 2.70. The van der Waals surface area contributed by atoms with Crippen molar-refractivity contribution in [3.05, 3.63) is 63.6 Å². The number of nitrogens with zero attached hydrogens (tertiary/aromatic N) is 3. The molecule has 1 aromatic carbocycles. The molecule has 3 aliphatic rings. The minimum absolute atomic E-state index is 0.0149. The number of benzene rings is 1. The fraction of sp³-hybridized carbons (Fsp3) is 0.435. The first-order valence-electron chi connectivity index (χ1n) is 10.2. The van der Waals surface area contributed by atoms with Gasteiger partial charge in [0, 0.05) is 25.2 Å². The lowest BCUT2D eigenvalue weighted by molar-refractivity contribution is -0.142. The number of rotatable bonds is 5. The molecule has 6 nitrogen and oxygen atoms in total. The Morgan fingerprint density at radius 3 is 2.93 bits per heavy atom. The van der Waals surface area contributed by atoms with Crippen LogP contribution in [0.1, 0.15) is 21.7 Å². The smallest absolute Gasteiger partial charge is 0.230 e. The number of ether oxygens (including phenoxy) is 1. The minimum Gasteiger partial charge on any atom is -0.360 e. The van der Waals surface area contributed by atoms with Gasteiger partial charge in [0.25, 0.3) is 0 Å². The fourth-order valence-electron chi connectivity index (χ4n) is 4.98. The summed E-state index contributed by atoms with van der Waals surface area (Å²) in [5, 5.41) is 2.78. The van der Waals surface area contributed by atoms with Crippen LogP contribution in [0.15, 0.2) is 41.9 Å². The number of likely N-dealkylation sites (tertiary alicyclic amines) is 1. The van der Waals surface area contributed by atoms with Crippen LogP contribution in [0.25, 0.3) is 0 Å². The summed E-state index contributed by atoms with van der Waals surface area (Å²) < 4.78 is 6.25. The molecule has 0 N–H and O–H groups in total. The maximum Gasteiger partial charge on any atom is 0.230 e. The van der Waals surface area contributed by atoms with Crippen molar-refractivity contribution in [1.82, 2.24) is 14.8 Å². The van der Waals surface area contributed by atoms with Gasteiger partial charge in [-0.15, -0.1) is 11.3 Å². The number of hydrogen-bond donors (Lipinski definition) is 0. The third kappa shape index (κ3) is 2.99. The third-order valence-corrected chi connectivity index (χ3v) is 7.41. The maximum atomic E-state index is 13.4. The second-order valence-electron chi connectivity index (χ2n) is 8.63. The molecule has 0 saturated carbocycles. The predicted molar refractivity (Wildman–Crippen MR) is 114 cm³/mol. The summed E-state index contributed by atoms with van der Waals surface area (Å²) in [4.78, 5) is 34.5. The summed E-state index contributed by atoms with van der Waals surface area (Å²) in [5.74, 6) is -0.962. The average Bonchev–Trinajstić information content (AvgIpc) is 3.47. The first-order valence-corrected chi connectivity index (χ1v) is 11.1. The van der Waals surface area contributed by atoms with Gasteiger partial charge in [0.05, 0.1) is 31.0 Å². The molecule has 7 heteroatoms. The Labute approximate surface area is 180 Å². The van der Waals surface area contributed by atoms with Crippen molar-refractivity contribution < 1.29 is 14.3 Å². The zero-order valence-electron chi connectivity index (χ0n) is 17.4. The summed E-state index contributed by atoms with van der Waals surface area (Å²) in [6.45, 7) is 5.65. The number of amides is 2. The third-order valence-electron chi connectivity index (χ3n) is 6.64. The van der Waals surface area contributed by atoms with E-state index in [4.69, 9.17) is 4.74 Å². The highest BCUT2D eigenvalue weighted by Crippen LogP contribution is 2.52. The van der Waals surface area contributed by atoms with Gasteiger partial charge in [-0.25, -0.2) is 4.98 Å². The topological polar surface area (TPSA) is 62.7 Å². The molecule has 2 amide bonds. The second kappa shape index (κ2) is 7.03. The van der Waals surface area contributed by atoms with E-state index in [-0.39, 0.29) is 17.9 Å².